The highest BCUT2D eigenvalue weighted by atomic mass is 16.6. The zero-order valence-corrected chi connectivity index (χ0v) is 12.2. The van der Waals surface area contributed by atoms with Gasteiger partial charge in [-0.3, -0.25) is 4.90 Å². The summed E-state index contributed by atoms with van der Waals surface area (Å²) in [4.78, 5) is 25.4. The Kier molecular flexibility index (Phi) is 3.10. The number of carbonyl (C=O) groups is 2. The molecule has 0 bridgehead atoms. The fourth-order valence-corrected chi connectivity index (χ4v) is 4.58. The lowest BCUT2D eigenvalue weighted by atomic mass is 9.47. The summed E-state index contributed by atoms with van der Waals surface area (Å²) in [6.07, 6.45) is 1.80. The molecule has 0 radical (unpaired) electrons. The molecule has 2 aliphatic carbocycles. The van der Waals surface area contributed by atoms with Crippen molar-refractivity contribution < 1.29 is 19.4 Å². The SMILES string of the molecule is O=C(O)C1C2C3CCC3C2CN1C(=O)OCc1ccccc1. The Balaban J connectivity index is 1.44. The molecular formula is C17H19NO4. The van der Waals surface area contributed by atoms with Crippen LogP contribution in [-0.4, -0.2) is 34.7 Å². The van der Waals surface area contributed by atoms with Gasteiger partial charge in [-0.1, -0.05) is 30.3 Å². The van der Waals surface area contributed by atoms with Crippen molar-refractivity contribution in [3.63, 3.8) is 0 Å². The lowest BCUT2D eigenvalue weighted by Gasteiger charge is -2.57. The molecule has 4 rings (SSSR count). The van der Waals surface area contributed by atoms with Crippen LogP contribution in [0.25, 0.3) is 0 Å². The van der Waals surface area contributed by atoms with Crippen LogP contribution in [0.4, 0.5) is 4.79 Å². The molecule has 1 aromatic rings. The van der Waals surface area contributed by atoms with Gasteiger partial charge in [-0.25, -0.2) is 9.59 Å². The molecule has 3 fully saturated rings. The second kappa shape index (κ2) is 5.00. The van der Waals surface area contributed by atoms with Gasteiger partial charge in [0.15, 0.2) is 0 Å². The summed E-state index contributed by atoms with van der Waals surface area (Å²) in [5.74, 6) is 0.760. The smallest absolute Gasteiger partial charge is 0.410 e. The number of aliphatic carboxylic acids is 1. The lowest BCUT2D eigenvalue weighted by molar-refractivity contribution is -0.150. The number of ether oxygens (including phenoxy) is 1. The Morgan fingerprint density at radius 3 is 2.50 bits per heavy atom. The first-order valence-electron chi connectivity index (χ1n) is 7.87. The number of likely N-dealkylation sites (tertiary alicyclic amines) is 1. The monoisotopic (exact) mass is 301 g/mol. The Labute approximate surface area is 128 Å². The second-order valence-electron chi connectivity index (χ2n) is 6.62. The number of nitrogens with zero attached hydrogens (tertiary/aromatic N) is 1. The van der Waals surface area contributed by atoms with E-state index in [1.54, 1.807) is 0 Å². The normalized spacial score (nSPS) is 34.9. The molecular weight excluding hydrogens is 282 g/mol. The van der Waals surface area contributed by atoms with Gasteiger partial charge >= 0.3 is 12.1 Å². The fraction of sp³-hybridized carbons (Fsp3) is 0.529. The first kappa shape index (κ1) is 13.6. The van der Waals surface area contributed by atoms with Gasteiger partial charge in [0.1, 0.15) is 12.6 Å². The quantitative estimate of drug-likeness (QED) is 0.930. The van der Waals surface area contributed by atoms with Crippen molar-refractivity contribution in [2.45, 2.75) is 25.5 Å². The maximum atomic E-state index is 12.3. The lowest BCUT2D eigenvalue weighted by Crippen LogP contribution is -2.56. The van der Waals surface area contributed by atoms with Crippen molar-refractivity contribution in [3.8, 4) is 0 Å². The highest BCUT2D eigenvalue weighted by Crippen LogP contribution is 2.63. The van der Waals surface area contributed by atoms with Crippen LogP contribution in [0.3, 0.4) is 0 Å². The van der Waals surface area contributed by atoms with E-state index in [1.165, 1.54) is 11.3 Å². The number of hydrogen-bond donors (Lipinski definition) is 1. The minimum atomic E-state index is -0.894. The number of carbonyl (C=O) groups excluding carboxylic acids is 1. The first-order valence-corrected chi connectivity index (χ1v) is 7.87. The first-order chi connectivity index (χ1) is 10.7. The van der Waals surface area contributed by atoms with Gasteiger partial charge in [0.2, 0.25) is 0 Å². The fourth-order valence-electron chi connectivity index (χ4n) is 4.58. The van der Waals surface area contributed by atoms with Crippen LogP contribution in [0, 0.1) is 23.7 Å². The molecule has 22 heavy (non-hydrogen) atoms. The summed E-state index contributed by atoms with van der Waals surface area (Å²) in [5, 5.41) is 9.52. The maximum absolute atomic E-state index is 12.3. The topological polar surface area (TPSA) is 66.8 Å². The second-order valence-corrected chi connectivity index (χ2v) is 6.62. The van der Waals surface area contributed by atoms with Gasteiger partial charge in [0, 0.05) is 6.54 Å². The summed E-state index contributed by atoms with van der Waals surface area (Å²) in [5.41, 5.74) is 0.907. The van der Waals surface area contributed by atoms with Crippen LogP contribution in [0.5, 0.6) is 0 Å². The molecule has 0 spiro atoms. The van der Waals surface area contributed by atoms with Gasteiger partial charge in [0.25, 0.3) is 0 Å². The summed E-state index contributed by atoms with van der Waals surface area (Å²) in [6.45, 7) is 0.723. The number of carboxylic acid groups (broad SMARTS) is 1. The standard InChI is InChI=1S/C17H19NO4/c19-16(20)15-14-12-7-6-11(12)13(14)8-18(15)17(21)22-9-10-4-2-1-3-5-10/h1-5,11-15H,6-9H2,(H,19,20). The Morgan fingerprint density at radius 1 is 1.14 bits per heavy atom. The highest BCUT2D eigenvalue weighted by Gasteiger charge is 2.65. The molecule has 1 amide bonds. The molecule has 1 aromatic carbocycles. The van der Waals surface area contributed by atoms with Crippen molar-refractivity contribution in [2.75, 3.05) is 6.54 Å². The third-order valence-corrected chi connectivity index (χ3v) is 5.72. The van der Waals surface area contributed by atoms with Crippen LogP contribution < -0.4 is 0 Å². The van der Waals surface area contributed by atoms with E-state index in [-0.39, 0.29) is 12.5 Å². The number of amides is 1. The van der Waals surface area contributed by atoms with E-state index in [0.29, 0.717) is 24.3 Å². The molecule has 116 valence electrons. The van der Waals surface area contributed by atoms with E-state index in [9.17, 15) is 14.7 Å². The zero-order valence-electron chi connectivity index (χ0n) is 12.2. The Bertz CT molecular complexity index is 602. The molecule has 1 aliphatic heterocycles. The van der Waals surface area contributed by atoms with Gasteiger partial charge < -0.3 is 9.84 Å². The molecule has 5 atom stereocenters. The van der Waals surface area contributed by atoms with Crippen LogP contribution >= 0.6 is 0 Å². The molecule has 1 heterocycles. The molecule has 5 unspecified atom stereocenters. The maximum Gasteiger partial charge on any atom is 0.410 e. The summed E-state index contributed by atoms with van der Waals surface area (Å²) >= 11 is 0. The van der Waals surface area contributed by atoms with E-state index in [4.69, 9.17) is 4.74 Å². The minimum Gasteiger partial charge on any atom is -0.480 e. The summed E-state index contributed by atoms with van der Waals surface area (Å²) < 4.78 is 5.33. The average molecular weight is 301 g/mol. The number of benzene rings is 1. The highest BCUT2D eigenvalue weighted by molar-refractivity contribution is 5.81. The van der Waals surface area contributed by atoms with Gasteiger partial charge in [0.05, 0.1) is 0 Å². The number of hydrogen-bond acceptors (Lipinski definition) is 3. The average Bonchev–Trinajstić information content (AvgIpc) is 2.82. The van der Waals surface area contributed by atoms with Crippen LogP contribution in [-0.2, 0) is 16.1 Å². The molecule has 5 heteroatoms. The van der Waals surface area contributed by atoms with Crippen LogP contribution in [0.15, 0.2) is 30.3 Å². The number of carboxylic acids is 1. The predicted molar refractivity (Wildman–Crippen MR) is 78.0 cm³/mol. The van der Waals surface area contributed by atoms with E-state index in [0.717, 1.165) is 12.0 Å². The van der Waals surface area contributed by atoms with Gasteiger partial charge in [-0.05, 0) is 42.1 Å². The van der Waals surface area contributed by atoms with E-state index in [1.807, 2.05) is 30.3 Å². The largest absolute Gasteiger partial charge is 0.480 e. The molecule has 1 N–H and O–H groups in total. The van der Waals surface area contributed by atoms with Crippen molar-refractivity contribution in [1.82, 2.24) is 4.90 Å². The van der Waals surface area contributed by atoms with E-state index in [2.05, 4.69) is 0 Å². The summed E-state index contributed by atoms with van der Waals surface area (Å²) in [7, 11) is 0. The van der Waals surface area contributed by atoms with Crippen molar-refractivity contribution in [3.05, 3.63) is 35.9 Å². The minimum absolute atomic E-state index is 0.139. The third kappa shape index (κ3) is 1.91. The zero-order chi connectivity index (χ0) is 15.3. The molecule has 1 saturated heterocycles. The predicted octanol–water partition coefficient (Wildman–Crippen LogP) is 2.36. The molecule has 2 saturated carbocycles. The Morgan fingerprint density at radius 2 is 1.86 bits per heavy atom. The van der Waals surface area contributed by atoms with Gasteiger partial charge in [-0.2, -0.15) is 0 Å². The van der Waals surface area contributed by atoms with E-state index >= 15 is 0 Å². The third-order valence-electron chi connectivity index (χ3n) is 5.72. The molecule has 5 nitrogen and oxygen atoms in total. The molecule has 3 aliphatic rings. The van der Waals surface area contributed by atoms with Crippen LogP contribution in [0.1, 0.15) is 18.4 Å². The van der Waals surface area contributed by atoms with Crippen molar-refractivity contribution in [1.29, 1.82) is 0 Å². The van der Waals surface area contributed by atoms with Crippen molar-refractivity contribution in [2.24, 2.45) is 23.7 Å². The number of rotatable bonds is 3. The summed E-state index contributed by atoms with van der Waals surface area (Å²) in [6, 6.07) is 8.74. The van der Waals surface area contributed by atoms with Crippen LogP contribution in [0.2, 0.25) is 0 Å². The Hall–Kier alpha value is -2.04. The van der Waals surface area contributed by atoms with Crippen molar-refractivity contribution >= 4 is 12.1 Å². The van der Waals surface area contributed by atoms with E-state index < -0.39 is 18.1 Å². The van der Waals surface area contributed by atoms with Gasteiger partial charge in [-0.15, -0.1) is 0 Å². The molecule has 0 aromatic heterocycles. The number of fused-ring (bicyclic) bond motifs is 4.